The van der Waals surface area contributed by atoms with Crippen molar-refractivity contribution in [3.05, 3.63) is 95.5 Å². The molecule has 4 rings (SSSR count). The van der Waals surface area contributed by atoms with Crippen LogP contribution < -0.4 is 0 Å². The summed E-state index contributed by atoms with van der Waals surface area (Å²) in [6.07, 6.45) is 3.53. The fourth-order valence-electron chi connectivity index (χ4n) is 3.65. The molecule has 0 aliphatic heterocycles. The van der Waals surface area contributed by atoms with Gasteiger partial charge in [0.1, 0.15) is 12.4 Å². The third-order valence-corrected chi connectivity index (χ3v) is 5.23. The fraction of sp³-hybridized carbons (Fsp3) is 0.240. The molecule has 0 aliphatic carbocycles. The lowest BCUT2D eigenvalue weighted by Crippen LogP contribution is -2.34. The van der Waals surface area contributed by atoms with Gasteiger partial charge >= 0.3 is 0 Å². The molecule has 32 heavy (non-hydrogen) atoms. The van der Waals surface area contributed by atoms with E-state index < -0.39 is 0 Å². The molecule has 4 aromatic rings. The van der Waals surface area contributed by atoms with Crippen molar-refractivity contribution in [2.24, 2.45) is 0 Å². The van der Waals surface area contributed by atoms with Gasteiger partial charge in [-0.3, -0.25) is 14.5 Å². The van der Waals surface area contributed by atoms with Crippen molar-refractivity contribution in [1.82, 2.24) is 29.6 Å². The maximum Gasteiger partial charge on any atom is 0.244 e. The molecule has 0 saturated heterocycles. The van der Waals surface area contributed by atoms with Crippen LogP contribution >= 0.6 is 0 Å². The number of amides is 1. The first-order valence-corrected chi connectivity index (χ1v) is 10.6. The molecule has 0 radical (unpaired) electrons. The SMILES string of the molecule is Cc1cc(C)n(CC(=O)N(Cc2ccccc2)Cc2nc(C)ncc2-c2ccccn2)n1. The van der Waals surface area contributed by atoms with E-state index in [0.717, 1.165) is 33.9 Å². The first-order chi connectivity index (χ1) is 15.5. The average Bonchev–Trinajstić information content (AvgIpc) is 3.11. The second-order valence-corrected chi connectivity index (χ2v) is 7.81. The van der Waals surface area contributed by atoms with Crippen LogP contribution in [0.2, 0.25) is 0 Å². The molecule has 7 nitrogen and oxygen atoms in total. The minimum absolute atomic E-state index is 0.0247. The Balaban J connectivity index is 1.67. The summed E-state index contributed by atoms with van der Waals surface area (Å²) in [6.45, 7) is 6.74. The molecular formula is C25H26N6O. The molecule has 162 valence electrons. The molecular weight excluding hydrogens is 400 g/mol. The zero-order valence-electron chi connectivity index (χ0n) is 18.6. The van der Waals surface area contributed by atoms with Crippen molar-refractivity contribution >= 4 is 5.91 Å². The summed E-state index contributed by atoms with van der Waals surface area (Å²) in [7, 11) is 0. The third kappa shape index (κ3) is 5.06. The van der Waals surface area contributed by atoms with Gasteiger partial charge in [0.15, 0.2) is 0 Å². The highest BCUT2D eigenvalue weighted by Gasteiger charge is 2.20. The molecule has 0 aliphatic rings. The van der Waals surface area contributed by atoms with Crippen molar-refractivity contribution in [2.45, 2.75) is 40.4 Å². The number of rotatable bonds is 7. The summed E-state index contributed by atoms with van der Waals surface area (Å²) in [5, 5.41) is 4.46. The predicted molar refractivity (Wildman–Crippen MR) is 122 cm³/mol. The number of carbonyl (C=O) groups excluding carboxylic acids is 1. The summed E-state index contributed by atoms with van der Waals surface area (Å²) in [5.41, 5.74) is 5.30. The van der Waals surface area contributed by atoms with Gasteiger partial charge in [0, 0.05) is 30.2 Å². The number of carbonyl (C=O) groups is 1. The van der Waals surface area contributed by atoms with E-state index in [1.807, 2.05) is 80.3 Å². The van der Waals surface area contributed by atoms with Crippen molar-refractivity contribution < 1.29 is 4.79 Å². The molecule has 3 heterocycles. The first-order valence-electron chi connectivity index (χ1n) is 10.6. The summed E-state index contributed by atoms with van der Waals surface area (Å²) in [4.78, 5) is 28.7. The molecule has 0 fully saturated rings. The highest BCUT2D eigenvalue weighted by atomic mass is 16.2. The van der Waals surface area contributed by atoms with Crippen molar-refractivity contribution in [3.8, 4) is 11.3 Å². The second-order valence-electron chi connectivity index (χ2n) is 7.81. The number of hydrogen-bond acceptors (Lipinski definition) is 5. The van der Waals surface area contributed by atoms with E-state index in [0.29, 0.717) is 18.9 Å². The Bertz CT molecular complexity index is 1200. The lowest BCUT2D eigenvalue weighted by molar-refractivity contribution is -0.133. The molecule has 7 heteroatoms. The number of aromatic nitrogens is 5. The van der Waals surface area contributed by atoms with Crippen LogP contribution in [0, 0.1) is 20.8 Å². The van der Waals surface area contributed by atoms with E-state index in [1.54, 1.807) is 17.1 Å². The van der Waals surface area contributed by atoms with Crippen molar-refractivity contribution in [3.63, 3.8) is 0 Å². The van der Waals surface area contributed by atoms with Gasteiger partial charge in [0.05, 0.1) is 23.6 Å². The maximum absolute atomic E-state index is 13.4. The lowest BCUT2D eigenvalue weighted by atomic mass is 10.1. The van der Waals surface area contributed by atoms with Gasteiger partial charge in [-0.25, -0.2) is 9.97 Å². The Hall–Kier alpha value is -3.87. The van der Waals surface area contributed by atoms with Gasteiger partial charge < -0.3 is 4.90 Å². The van der Waals surface area contributed by atoms with E-state index >= 15 is 0 Å². The number of benzene rings is 1. The third-order valence-electron chi connectivity index (χ3n) is 5.23. The predicted octanol–water partition coefficient (Wildman–Crippen LogP) is 3.89. The van der Waals surface area contributed by atoms with Gasteiger partial charge in [0.25, 0.3) is 0 Å². The Morgan fingerprint density at radius 1 is 0.969 bits per heavy atom. The molecule has 1 aromatic carbocycles. The quantitative estimate of drug-likeness (QED) is 0.448. The largest absolute Gasteiger partial charge is 0.331 e. The molecule has 0 atom stereocenters. The molecule has 0 unspecified atom stereocenters. The normalized spacial score (nSPS) is 10.8. The van der Waals surface area contributed by atoms with E-state index in [2.05, 4.69) is 20.1 Å². The molecule has 0 saturated carbocycles. The molecule has 0 bridgehead atoms. The van der Waals surface area contributed by atoms with Crippen LogP contribution in [-0.2, 0) is 24.4 Å². The van der Waals surface area contributed by atoms with Crippen LogP contribution in [-0.4, -0.2) is 35.5 Å². The molecule has 3 aromatic heterocycles. The van der Waals surface area contributed by atoms with Gasteiger partial charge in [-0.2, -0.15) is 5.10 Å². The van der Waals surface area contributed by atoms with E-state index in [-0.39, 0.29) is 12.5 Å². The summed E-state index contributed by atoms with van der Waals surface area (Å²) in [6, 6.07) is 17.7. The summed E-state index contributed by atoms with van der Waals surface area (Å²) < 4.78 is 1.75. The number of pyridine rings is 1. The lowest BCUT2D eigenvalue weighted by Gasteiger charge is -2.24. The number of nitrogens with zero attached hydrogens (tertiary/aromatic N) is 6. The van der Waals surface area contributed by atoms with E-state index in [9.17, 15) is 4.79 Å². The average molecular weight is 427 g/mol. The minimum Gasteiger partial charge on any atom is -0.331 e. The molecule has 1 amide bonds. The summed E-state index contributed by atoms with van der Waals surface area (Å²) >= 11 is 0. The van der Waals surface area contributed by atoms with Crippen LogP contribution in [0.4, 0.5) is 0 Å². The summed E-state index contributed by atoms with van der Waals surface area (Å²) in [5.74, 6) is 0.633. The van der Waals surface area contributed by atoms with Crippen LogP contribution in [0.3, 0.4) is 0 Å². The Kier molecular flexibility index (Phi) is 6.35. The zero-order valence-corrected chi connectivity index (χ0v) is 18.6. The number of aryl methyl sites for hydroxylation is 3. The monoisotopic (exact) mass is 426 g/mol. The molecule has 0 N–H and O–H groups in total. The first kappa shape index (κ1) is 21.4. The van der Waals surface area contributed by atoms with Crippen LogP contribution in [0.25, 0.3) is 11.3 Å². The second kappa shape index (κ2) is 9.51. The Morgan fingerprint density at radius 2 is 1.75 bits per heavy atom. The van der Waals surface area contributed by atoms with Crippen LogP contribution in [0.5, 0.6) is 0 Å². The van der Waals surface area contributed by atoms with E-state index in [4.69, 9.17) is 0 Å². The highest BCUT2D eigenvalue weighted by molar-refractivity contribution is 5.76. The fourth-order valence-corrected chi connectivity index (χ4v) is 3.65. The van der Waals surface area contributed by atoms with Gasteiger partial charge in [-0.15, -0.1) is 0 Å². The van der Waals surface area contributed by atoms with Crippen LogP contribution in [0.15, 0.2) is 67.0 Å². The zero-order chi connectivity index (χ0) is 22.5. The van der Waals surface area contributed by atoms with Gasteiger partial charge in [-0.05, 0) is 44.5 Å². The molecule has 0 spiro atoms. The topological polar surface area (TPSA) is 76.8 Å². The Labute approximate surface area is 187 Å². The minimum atomic E-state index is -0.0247. The highest BCUT2D eigenvalue weighted by Crippen LogP contribution is 2.22. The van der Waals surface area contributed by atoms with Gasteiger partial charge in [-0.1, -0.05) is 36.4 Å². The standard InChI is InChI=1S/C25H26N6O/c1-18-13-19(2)31(29-18)17-25(32)30(15-21-9-5-4-6-10-21)16-24-22(14-27-20(3)28-24)23-11-7-8-12-26-23/h4-14H,15-17H2,1-3H3. The van der Waals surface area contributed by atoms with Crippen molar-refractivity contribution in [1.29, 1.82) is 0 Å². The smallest absolute Gasteiger partial charge is 0.244 e. The number of hydrogen-bond donors (Lipinski definition) is 0. The maximum atomic E-state index is 13.4. The van der Waals surface area contributed by atoms with Gasteiger partial charge in [0.2, 0.25) is 5.91 Å². The Morgan fingerprint density at radius 3 is 2.44 bits per heavy atom. The van der Waals surface area contributed by atoms with Crippen LogP contribution in [0.1, 0.15) is 28.5 Å². The van der Waals surface area contributed by atoms with Crippen molar-refractivity contribution in [2.75, 3.05) is 0 Å². The van der Waals surface area contributed by atoms with E-state index in [1.165, 1.54) is 0 Å².